The minimum Gasteiger partial charge on any atom is -0.463 e. The topological polar surface area (TPSA) is 231 Å². The van der Waals surface area contributed by atoms with Crippen molar-refractivity contribution >= 4 is 33.6 Å². The number of rotatable bonds is 62. The molecule has 0 bridgehead atoms. The minimum atomic E-state index is -4.92. The van der Waals surface area contributed by atoms with Crippen molar-refractivity contribution in [2.75, 3.05) is 39.6 Å². The van der Waals surface area contributed by atoms with E-state index in [1.165, 1.54) is 51.4 Å². The Balaban J connectivity index is 4.66. The van der Waals surface area contributed by atoms with Crippen LogP contribution in [-0.2, 0) is 55.8 Å². The number of hydrogen-bond donors (Lipinski definition) is 4. The van der Waals surface area contributed by atoms with Crippen LogP contribution in [0.1, 0.15) is 265 Å². The van der Waals surface area contributed by atoms with Crippen molar-refractivity contribution in [1.82, 2.24) is 0 Å². The Kier molecular flexibility index (Phi) is 58.6. The van der Waals surface area contributed by atoms with Gasteiger partial charge in [-0.2, -0.15) is 0 Å². The summed E-state index contributed by atoms with van der Waals surface area (Å²) in [6.07, 6.45) is 63.5. The lowest BCUT2D eigenvalue weighted by Crippen LogP contribution is -2.30. The largest absolute Gasteiger partial charge is 0.472 e. The molecule has 0 saturated carbocycles. The summed E-state index contributed by atoms with van der Waals surface area (Å²) >= 11 is 0. The molecule has 0 aromatic carbocycles. The van der Waals surface area contributed by atoms with E-state index in [9.17, 15) is 43.5 Å². The molecular formula is C67H118O16P2. The third-order valence-corrected chi connectivity index (χ3v) is 15.5. The summed E-state index contributed by atoms with van der Waals surface area (Å²) in [4.78, 5) is 58.3. The van der Waals surface area contributed by atoms with Gasteiger partial charge in [-0.3, -0.25) is 32.5 Å². The van der Waals surface area contributed by atoms with Gasteiger partial charge in [0.25, 0.3) is 0 Å². The fourth-order valence-corrected chi connectivity index (χ4v) is 10.1. The van der Waals surface area contributed by atoms with Crippen LogP contribution >= 0.6 is 15.6 Å². The van der Waals surface area contributed by atoms with Crippen molar-refractivity contribution in [3.63, 3.8) is 0 Å². The summed E-state index contributed by atoms with van der Waals surface area (Å²) in [6, 6.07) is 0. The van der Waals surface area contributed by atoms with Gasteiger partial charge in [0.15, 0.2) is 6.10 Å². The molecule has 18 heteroatoms. The summed E-state index contributed by atoms with van der Waals surface area (Å²) in [6.45, 7) is 2.48. The Bertz CT molecular complexity index is 1900. The molecule has 16 nitrogen and oxygen atoms in total. The molecule has 0 aliphatic carbocycles. The average molecular weight is 1240 g/mol. The molecule has 5 unspecified atom stereocenters. The molecule has 0 rings (SSSR count). The van der Waals surface area contributed by atoms with Gasteiger partial charge < -0.3 is 34.2 Å². The summed E-state index contributed by atoms with van der Waals surface area (Å²) in [5, 5.41) is 20.5. The van der Waals surface area contributed by atoms with Gasteiger partial charge >= 0.3 is 33.6 Å². The summed E-state index contributed by atoms with van der Waals surface area (Å²) in [5.41, 5.74) is 0. The van der Waals surface area contributed by atoms with Gasteiger partial charge in [-0.1, -0.05) is 215 Å². The highest BCUT2D eigenvalue weighted by Gasteiger charge is 2.29. The van der Waals surface area contributed by atoms with E-state index in [0.717, 1.165) is 154 Å². The monoisotopic (exact) mass is 1240 g/mol. The zero-order valence-electron chi connectivity index (χ0n) is 53.0. The molecule has 0 radical (unpaired) electrons. The molecule has 0 aliphatic heterocycles. The number of aliphatic hydroxyl groups excluding tert-OH is 2. The van der Waals surface area contributed by atoms with Crippen LogP contribution in [0, 0.1) is 0 Å². The van der Waals surface area contributed by atoms with Crippen molar-refractivity contribution in [2.24, 2.45) is 0 Å². The van der Waals surface area contributed by atoms with Gasteiger partial charge in [0.2, 0.25) is 0 Å². The number of unbranched alkanes of at least 4 members (excludes halogenated alkanes) is 25. The fraction of sp³-hybridized carbons (Fsp3) is 0.746. The van der Waals surface area contributed by atoms with Crippen molar-refractivity contribution in [1.29, 1.82) is 0 Å². The molecule has 0 saturated heterocycles. The van der Waals surface area contributed by atoms with Crippen molar-refractivity contribution in [3.8, 4) is 0 Å². The number of phosphoric acid groups is 2. The predicted octanol–water partition coefficient (Wildman–Crippen LogP) is 17.8. The van der Waals surface area contributed by atoms with Crippen LogP contribution in [0.4, 0.5) is 0 Å². The third kappa shape index (κ3) is 62.1. The highest BCUT2D eigenvalue weighted by Crippen LogP contribution is 2.45. The molecule has 0 aromatic rings. The Morgan fingerprint density at radius 3 is 1.02 bits per heavy atom. The number of hydrogen-bond acceptors (Lipinski definition) is 14. The molecular weight excluding hydrogens is 1120 g/mol. The summed E-state index contributed by atoms with van der Waals surface area (Å²) in [7, 11) is -9.77. The van der Waals surface area contributed by atoms with Gasteiger partial charge in [-0.05, 0) is 116 Å². The molecule has 85 heavy (non-hydrogen) atoms. The maximum absolute atomic E-state index is 12.9. The molecule has 4 N–H and O–H groups in total. The van der Waals surface area contributed by atoms with E-state index in [1.807, 2.05) is 0 Å². The lowest BCUT2D eigenvalue weighted by molar-refractivity contribution is -0.161. The highest BCUT2D eigenvalue weighted by molar-refractivity contribution is 7.47. The number of allylic oxidation sites excluding steroid dienone is 14. The quantitative estimate of drug-likeness (QED) is 0.0146. The van der Waals surface area contributed by atoms with Crippen molar-refractivity contribution < 1.29 is 75.8 Å². The molecule has 0 aliphatic rings. The summed E-state index contributed by atoms with van der Waals surface area (Å²) < 4.78 is 60.8. The molecule has 5 atom stereocenters. The zero-order chi connectivity index (χ0) is 62.4. The van der Waals surface area contributed by atoms with Crippen LogP contribution in [0.5, 0.6) is 0 Å². The van der Waals surface area contributed by atoms with Crippen LogP contribution in [0.2, 0.25) is 0 Å². The van der Waals surface area contributed by atoms with E-state index < -0.39 is 91.5 Å². The average Bonchev–Trinajstić information content (AvgIpc) is 3.51. The highest BCUT2D eigenvalue weighted by atomic mass is 31.2. The van der Waals surface area contributed by atoms with E-state index in [4.69, 9.17) is 32.3 Å². The number of esters is 3. The normalized spacial score (nSPS) is 14.9. The number of ether oxygens (including phenoxy) is 3. The SMILES string of the molecule is CC/C=C\C/C=C\C/C=C\CCCCCCCCCC(=O)OCC(COP(=O)(O)OCC(O)COP(=O)(O)OCC(O)COC(=O)CCCCCCCC/C=C\C/C=C\C/C=C\CCCCC)OC(=O)CCCCCCC/C=C\CCCCCC. The molecule has 0 spiro atoms. The molecule has 0 amide bonds. The van der Waals surface area contributed by atoms with E-state index in [-0.39, 0.29) is 19.3 Å². The number of carbonyl (C=O) groups excluding carboxylic acids is 3. The van der Waals surface area contributed by atoms with Crippen LogP contribution in [0.15, 0.2) is 85.1 Å². The van der Waals surface area contributed by atoms with Crippen LogP contribution in [0.25, 0.3) is 0 Å². The lowest BCUT2D eigenvalue weighted by Gasteiger charge is -2.21. The van der Waals surface area contributed by atoms with E-state index in [0.29, 0.717) is 19.3 Å². The van der Waals surface area contributed by atoms with E-state index in [1.54, 1.807) is 0 Å². The summed E-state index contributed by atoms with van der Waals surface area (Å²) in [5.74, 6) is -1.61. The van der Waals surface area contributed by atoms with Gasteiger partial charge in [0, 0.05) is 19.3 Å². The molecule has 0 heterocycles. The van der Waals surface area contributed by atoms with Gasteiger partial charge in [-0.15, -0.1) is 0 Å². The fourth-order valence-electron chi connectivity index (χ4n) is 8.53. The van der Waals surface area contributed by atoms with E-state index in [2.05, 4.69) is 106 Å². The van der Waals surface area contributed by atoms with E-state index >= 15 is 0 Å². The Hall–Kier alpha value is -3.27. The van der Waals surface area contributed by atoms with Crippen molar-refractivity contribution in [3.05, 3.63) is 85.1 Å². The number of carbonyl (C=O) groups is 3. The van der Waals surface area contributed by atoms with Gasteiger partial charge in [-0.25, -0.2) is 9.13 Å². The second-order valence-electron chi connectivity index (χ2n) is 21.9. The maximum Gasteiger partial charge on any atom is 0.472 e. The number of aliphatic hydroxyl groups is 2. The Morgan fingerprint density at radius 1 is 0.341 bits per heavy atom. The van der Waals surface area contributed by atoms with Crippen LogP contribution in [-0.4, -0.2) is 95.9 Å². The Labute approximate surface area is 515 Å². The van der Waals surface area contributed by atoms with Gasteiger partial charge in [0.1, 0.15) is 25.4 Å². The first kappa shape index (κ1) is 81.7. The smallest absolute Gasteiger partial charge is 0.463 e. The second-order valence-corrected chi connectivity index (χ2v) is 24.8. The second kappa shape index (κ2) is 61.0. The zero-order valence-corrected chi connectivity index (χ0v) is 54.8. The van der Waals surface area contributed by atoms with Gasteiger partial charge in [0.05, 0.1) is 26.4 Å². The first-order valence-electron chi connectivity index (χ1n) is 32.9. The molecule has 492 valence electrons. The standard InChI is InChI=1S/C67H118O16P2/c1-4-7-10-13-16-19-22-25-27-29-30-32-34-36-38-41-44-47-50-53-65(70)77-56-62(68)57-79-84(73,74)80-58-63(69)59-81-85(75,76)82-61-64(83-67(72)55-52-49-46-43-40-35-24-21-18-15-12-9-6-3)60-78-66(71)54-51-48-45-42-39-37-33-31-28-26-23-20-17-14-11-8-5-2/h8,11,16-17,19-21,24-28,30,32,62-64,68-69H,4-7,9-10,12-15,18,22-23,29,31,33-61H2,1-3H3,(H,73,74)(H,75,76)/b11-8-,19-16-,20-17-,24-21-,27-25-,28-26-,32-30-. The number of phosphoric ester groups is 2. The minimum absolute atomic E-state index is 0.0920. The van der Waals surface area contributed by atoms with Crippen LogP contribution in [0.3, 0.4) is 0 Å². The maximum atomic E-state index is 12.9. The van der Waals surface area contributed by atoms with Crippen molar-refractivity contribution in [2.45, 2.75) is 283 Å². The third-order valence-electron chi connectivity index (χ3n) is 13.6. The molecule has 0 fully saturated rings. The molecule has 0 aromatic heterocycles. The lowest BCUT2D eigenvalue weighted by atomic mass is 10.1. The van der Waals surface area contributed by atoms with Crippen LogP contribution < -0.4 is 0 Å². The predicted molar refractivity (Wildman–Crippen MR) is 344 cm³/mol. The first-order chi connectivity index (χ1) is 41.2. The first-order valence-corrected chi connectivity index (χ1v) is 35.9. The Morgan fingerprint density at radius 2 is 0.624 bits per heavy atom.